The van der Waals surface area contributed by atoms with Crippen LogP contribution >= 0.6 is 15.9 Å². The topological polar surface area (TPSA) is 21.3 Å². The highest BCUT2D eigenvalue weighted by Crippen LogP contribution is 2.25. The second-order valence-corrected chi connectivity index (χ2v) is 7.35. The van der Waals surface area contributed by atoms with Crippen LogP contribution in [0.25, 0.3) is 10.8 Å². The van der Waals surface area contributed by atoms with Crippen molar-refractivity contribution in [2.24, 2.45) is 0 Å². The molecular weight excluding hydrogens is 326 g/mol. The Morgan fingerprint density at radius 2 is 1.76 bits per heavy atom. The molecule has 2 rings (SSSR count). The summed E-state index contributed by atoms with van der Waals surface area (Å²) < 4.78 is 7.22. The fraction of sp³-hybridized carbons (Fsp3) is 0.444. The van der Waals surface area contributed by atoms with Crippen molar-refractivity contribution >= 4 is 26.7 Å². The Bertz CT molecular complexity index is 604. The Morgan fingerprint density at radius 3 is 2.43 bits per heavy atom. The number of benzene rings is 2. The quantitative estimate of drug-likeness (QED) is 0.805. The molecule has 0 spiro atoms. The summed E-state index contributed by atoms with van der Waals surface area (Å²) in [5.74, 6) is 0.937. The number of halogens is 1. The molecule has 0 aromatic heterocycles. The van der Waals surface area contributed by atoms with Gasteiger partial charge in [-0.3, -0.25) is 0 Å². The van der Waals surface area contributed by atoms with E-state index in [4.69, 9.17) is 4.74 Å². The SMILES string of the molecule is CCC(CNC(C)(C)C)Oc1ccc2cc(Br)ccc2c1. The highest BCUT2D eigenvalue weighted by molar-refractivity contribution is 9.10. The predicted molar refractivity (Wildman–Crippen MR) is 94.1 cm³/mol. The van der Waals surface area contributed by atoms with Gasteiger partial charge in [0.05, 0.1) is 0 Å². The third kappa shape index (κ3) is 5.01. The van der Waals surface area contributed by atoms with Gasteiger partial charge < -0.3 is 10.1 Å². The zero-order valence-electron chi connectivity index (χ0n) is 13.2. The van der Waals surface area contributed by atoms with Crippen molar-refractivity contribution in [1.29, 1.82) is 0 Å². The summed E-state index contributed by atoms with van der Waals surface area (Å²) in [4.78, 5) is 0. The van der Waals surface area contributed by atoms with E-state index in [2.05, 4.69) is 85.3 Å². The normalized spacial score (nSPS) is 13.4. The summed E-state index contributed by atoms with van der Waals surface area (Å²) in [6.45, 7) is 9.54. The van der Waals surface area contributed by atoms with Crippen molar-refractivity contribution < 1.29 is 4.74 Å². The Labute approximate surface area is 136 Å². The largest absolute Gasteiger partial charge is 0.489 e. The van der Waals surface area contributed by atoms with Crippen molar-refractivity contribution in [3.8, 4) is 5.75 Å². The van der Waals surface area contributed by atoms with Gasteiger partial charge in [0.25, 0.3) is 0 Å². The van der Waals surface area contributed by atoms with Gasteiger partial charge in [-0.25, -0.2) is 0 Å². The lowest BCUT2D eigenvalue weighted by Crippen LogP contribution is -2.42. The fourth-order valence-corrected chi connectivity index (χ4v) is 2.53. The van der Waals surface area contributed by atoms with Crippen molar-refractivity contribution in [3.05, 3.63) is 40.9 Å². The molecule has 2 nitrogen and oxygen atoms in total. The summed E-state index contributed by atoms with van der Waals surface area (Å²) in [6.07, 6.45) is 1.18. The Balaban J connectivity index is 2.08. The molecule has 0 saturated heterocycles. The standard InChI is InChI=1S/C18H24BrNO/c1-5-16(12-20-18(2,3)4)21-17-9-7-13-10-15(19)8-6-14(13)11-17/h6-11,16,20H,5,12H2,1-4H3. The minimum Gasteiger partial charge on any atom is -0.489 e. The highest BCUT2D eigenvalue weighted by Gasteiger charge is 2.14. The van der Waals surface area contributed by atoms with Crippen LogP contribution in [0.1, 0.15) is 34.1 Å². The van der Waals surface area contributed by atoms with Crippen molar-refractivity contribution in [2.45, 2.75) is 45.8 Å². The van der Waals surface area contributed by atoms with E-state index in [9.17, 15) is 0 Å². The molecule has 1 N–H and O–H groups in total. The average molecular weight is 350 g/mol. The molecule has 21 heavy (non-hydrogen) atoms. The van der Waals surface area contributed by atoms with E-state index in [1.807, 2.05) is 0 Å². The van der Waals surface area contributed by atoms with E-state index in [0.29, 0.717) is 0 Å². The third-order valence-corrected chi connectivity index (χ3v) is 3.89. The molecule has 2 aromatic carbocycles. The zero-order valence-corrected chi connectivity index (χ0v) is 14.8. The van der Waals surface area contributed by atoms with Gasteiger partial charge in [0.2, 0.25) is 0 Å². The number of ether oxygens (including phenoxy) is 1. The molecule has 0 amide bonds. The van der Waals surface area contributed by atoms with Crippen LogP contribution in [0.5, 0.6) is 5.75 Å². The maximum absolute atomic E-state index is 6.12. The van der Waals surface area contributed by atoms with Gasteiger partial charge in [0.1, 0.15) is 11.9 Å². The van der Waals surface area contributed by atoms with E-state index in [-0.39, 0.29) is 11.6 Å². The van der Waals surface area contributed by atoms with Gasteiger partial charge in [0, 0.05) is 16.6 Å². The number of rotatable bonds is 5. The predicted octanol–water partition coefficient (Wildman–Crippen LogP) is 5.15. The lowest BCUT2D eigenvalue weighted by atomic mass is 10.1. The van der Waals surface area contributed by atoms with Gasteiger partial charge in [-0.2, -0.15) is 0 Å². The molecule has 3 heteroatoms. The molecule has 0 radical (unpaired) electrons. The number of nitrogens with one attached hydrogen (secondary N) is 1. The van der Waals surface area contributed by atoms with Crippen molar-refractivity contribution in [1.82, 2.24) is 5.32 Å². The monoisotopic (exact) mass is 349 g/mol. The van der Waals surface area contributed by atoms with Crippen LogP contribution in [-0.4, -0.2) is 18.2 Å². The lowest BCUT2D eigenvalue weighted by molar-refractivity contribution is 0.181. The second-order valence-electron chi connectivity index (χ2n) is 6.43. The molecular formula is C18H24BrNO. The van der Waals surface area contributed by atoms with E-state index < -0.39 is 0 Å². The van der Waals surface area contributed by atoms with E-state index in [1.54, 1.807) is 0 Å². The maximum Gasteiger partial charge on any atom is 0.120 e. The number of fused-ring (bicyclic) bond motifs is 1. The van der Waals surface area contributed by atoms with Crippen LogP contribution < -0.4 is 10.1 Å². The van der Waals surface area contributed by atoms with Gasteiger partial charge in [-0.1, -0.05) is 35.0 Å². The third-order valence-electron chi connectivity index (χ3n) is 3.39. The minimum absolute atomic E-state index is 0.118. The first-order chi connectivity index (χ1) is 9.87. The first kappa shape index (κ1) is 16.3. The molecule has 1 atom stereocenters. The van der Waals surface area contributed by atoms with Crippen molar-refractivity contribution in [3.63, 3.8) is 0 Å². The molecule has 114 valence electrons. The molecule has 1 unspecified atom stereocenters. The molecule has 0 saturated carbocycles. The fourth-order valence-electron chi connectivity index (χ4n) is 2.15. The first-order valence-corrected chi connectivity index (χ1v) is 8.28. The van der Waals surface area contributed by atoms with Crippen molar-refractivity contribution in [2.75, 3.05) is 6.54 Å². The van der Waals surface area contributed by atoms with Gasteiger partial charge in [-0.05, 0) is 62.2 Å². The van der Waals surface area contributed by atoms with Gasteiger partial charge in [0.15, 0.2) is 0 Å². The smallest absolute Gasteiger partial charge is 0.120 e. The molecule has 2 aromatic rings. The van der Waals surface area contributed by atoms with E-state index in [0.717, 1.165) is 23.2 Å². The average Bonchev–Trinajstić information content (AvgIpc) is 2.42. The Morgan fingerprint density at radius 1 is 1.10 bits per heavy atom. The number of hydrogen-bond acceptors (Lipinski definition) is 2. The Hall–Kier alpha value is -1.06. The van der Waals surface area contributed by atoms with Crippen LogP contribution in [0, 0.1) is 0 Å². The molecule has 0 bridgehead atoms. The Kier molecular flexibility index (Phi) is 5.28. The van der Waals surface area contributed by atoms with Crippen LogP contribution in [-0.2, 0) is 0 Å². The van der Waals surface area contributed by atoms with Crippen LogP contribution in [0.4, 0.5) is 0 Å². The zero-order chi connectivity index (χ0) is 15.5. The first-order valence-electron chi connectivity index (χ1n) is 7.48. The van der Waals surface area contributed by atoms with Crippen LogP contribution in [0.2, 0.25) is 0 Å². The minimum atomic E-state index is 0.118. The van der Waals surface area contributed by atoms with Crippen LogP contribution in [0.3, 0.4) is 0 Å². The van der Waals surface area contributed by atoms with Gasteiger partial charge in [-0.15, -0.1) is 0 Å². The lowest BCUT2D eigenvalue weighted by Gasteiger charge is -2.25. The summed E-state index contributed by atoms with van der Waals surface area (Å²) in [6, 6.07) is 12.6. The molecule has 0 aliphatic rings. The van der Waals surface area contributed by atoms with E-state index in [1.165, 1.54) is 10.8 Å². The summed E-state index contributed by atoms with van der Waals surface area (Å²) in [7, 11) is 0. The summed E-state index contributed by atoms with van der Waals surface area (Å²) in [5.41, 5.74) is 0.118. The molecule has 0 heterocycles. The summed E-state index contributed by atoms with van der Waals surface area (Å²) in [5, 5.41) is 5.93. The van der Waals surface area contributed by atoms with Crippen LogP contribution in [0.15, 0.2) is 40.9 Å². The molecule has 0 aliphatic carbocycles. The molecule has 0 aliphatic heterocycles. The molecule has 0 fully saturated rings. The van der Waals surface area contributed by atoms with Gasteiger partial charge >= 0.3 is 0 Å². The highest BCUT2D eigenvalue weighted by atomic mass is 79.9. The summed E-state index contributed by atoms with van der Waals surface area (Å²) >= 11 is 3.50. The van der Waals surface area contributed by atoms with E-state index >= 15 is 0 Å². The maximum atomic E-state index is 6.12. The number of hydrogen-bond donors (Lipinski definition) is 1. The second kappa shape index (κ2) is 6.80.